The van der Waals surface area contributed by atoms with Gasteiger partial charge < -0.3 is 20.3 Å². The van der Waals surface area contributed by atoms with E-state index in [9.17, 15) is 14.4 Å². The van der Waals surface area contributed by atoms with E-state index >= 15 is 0 Å². The zero-order valence-corrected chi connectivity index (χ0v) is 19.8. The highest BCUT2D eigenvalue weighted by Gasteiger charge is 2.37. The SMILES string of the molecule is CC[C@H](C)[C@H](NC(=O)Nc1cccc(C)c1)C(=O)N1Cc2ccccc2C[C@@H]1CC(=O)OC. The van der Waals surface area contributed by atoms with Crippen molar-refractivity contribution in [2.75, 3.05) is 12.4 Å². The number of hydrogen-bond acceptors (Lipinski definition) is 4. The number of hydrogen-bond donors (Lipinski definition) is 2. The molecule has 0 fully saturated rings. The fourth-order valence-corrected chi connectivity index (χ4v) is 4.20. The minimum Gasteiger partial charge on any atom is -0.469 e. The maximum absolute atomic E-state index is 13.8. The van der Waals surface area contributed by atoms with E-state index in [1.807, 2.05) is 63.2 Å². The number of rotatable bonds is 7. The quantitative estimate of drug-likeness (QED) is 0.622. The van der Waals surface area contributed by atoms with Gasteiger partial charge in [0.1, 0.15) is 6.04 Å². The highest BCUT2D eigenvalue weighted by Crippen LogP contribution is 2.27. The lowest BCUT2D eigenvalue weighted by molar-refractivity contribution is -0.145. The van der Waals surface area contributed by atoms with Crippen LogP contribution in [0.3, 0.4) is 0 Å². The lowest BCUT2D eigenvalue weighted by atomic mass is 9.90. The molecule has 0 radical (unpaired) electrons. The van der Waals surface area contributed by atoms with Gasteiger partial charge >= 0.3 is 12.0 Å². The minimum absolute atomic E-state index is 0.0864. The number of anilines is 1. The van der Waals surface area contributed by atoms with E-state index in [0.29, 0.717) is 25.1 Å². The fraction of sp³-hybridized carbons (Fsp3) is 0.423. The highest BCUT2D eigenvalue weighted by molar-refractivity contribution is 5.94. The Kier molecular flexibility index (Phi) is 8.09. The van der Waals surface area contributed by atoms with Crippen LogP contribution < -0.4 is 10.6 Å². The summed E-state index contributed by atoms with van der Waals surface area (Å²) in [5.41, 5.74) is 3.87. The van der Waals surface area contributed by atoms with Crippen LogP contribution in [0.5, 0.6) is 0 Å². The third kappa shape index (κ3) is 6.12. The van der Waals surface area contributed by atoms with Crippen LogP contribution >= 0.6 is 0 Å². The molecule has 7 nitrogen and oxygen atoms in total. The summed E-state index contributed by atoms with van der Waals surface area (Å²) in [6.45, 7) is 6.28. The predicted molar refractivity (Wildman–Crippen MR) is 128 cm³/mol. The molecule has 2 N–H and O–H groups in total. The molecule has 33 heavy (non-hydrogen) atoms. The van der Waals surface area contributed by atoms with Crippen molar-refractivity contribution < 1.29 is 19.1 Å². The fourth-order valence-electron chi connectivity index (χ4n) is 4.20. The number of benzene rings is 2. The Bertz CT molecular complexity index is 1010. The van der Waals surface area contributed by atoms with Gasteiger partial charge in [-0.25, -0.2) is 4.79 Å². The first-order chi connectivity index (χ1) is 15.8. The Morgan fingerprint density at radius 3 is 2.52 bits per heavy atom. The standard InChI is InChI=1S/C26H33N3O4/c1-5-18(3)24(28-26(32)27-21-12-8-9-17(2)13-21)25(31)29-16-20-11-7-6-10-19(20)14-22(29)15-23(30)33-4/h6-13,18,22,24H,5,14-16H2,1-4H3,(H2,27,28,32)/t18-,22+,24-/m0/s1. The van der Waals surface area contributed by atoms with Gasteiger partial charge in [-0.05, 0) is 48.1 Å². The summed E-state index contributed by atoms with van der Waals surface area (Å²) in [5.74, 6) is -0.633. The Morgan fingerprint density at radius 1 is 1.12 bits per heavy atom. The first kappa shape index (κ1) is 24.3. The largest absolute Gasteiger partial charge is 0.469 e. The molecule has 1 aliphatic rings. The molecule has 7 heteroatoms. The number of nitrogens with one attached hydrogen (secondary N) is 2. The smallest absolute Gasteiger partial charge is 0.319 e. The summed E-state index contributed by atoms with van der Waals surface area (Å²) in [7, 11) is 1.35. The molecule has 3 atom stereocenters. The van der Waals surface area contributed by atoms with Crippen molar-refractivity contribution in [3.8, 4) is 0 Å². The van der Waals surface area contributed by atoms with Crippen LogP contribution in [0.1, 0.15) is 43.4 Å². The third-order valence-corrected chi connectivity index (χ3v) is 6.31. The highest BCUT2D eigenvalue weighted by atomic mass is 16.5. The van der Waals surface area contributed by atoms with E-state index in [4.69, 9.17) is 4.74 Å². The number of amides is 3. The van der Waals surface area contributed by atoms with Crippen LogP contribution in [0.25, 0.3) is 0 Å². The third-order valence-electron chi connectivity index (χ3n) is 6.31. The number of carbonyl (C=O) groups excluding carboxylic acids is 3. The van der Waals surface area contributed by atoms with E-state index in [2.05, 4.69) is 10.6 Å². The number of fused-ring (bicyclic) bond motifs is 1. The molecule has 0 aliphatic carbocycles. The molecule has 2 aromatic carbocycles. The second-order valence-electron chi connectivity index (χ2n) is 8.70. The molecule has 0 aromatic heterocycles. The molecular formula is C26H33N3O4. The molecule has 0 saturated carbocycles. The number of nitrogens with zero attached hydrogens (tertiary/aromatic N) is 1. The van der Waals surface area contributed by atoms with Gasteiger partial charge in [-0.15, -0.1) is 0 Å². The molecule has 3 rings (SSSR count). The summed E-state index contributed by atoms with van der Waals surface area (Å²) in [5, 5.41) is 5.71. The van der Waals surface area contributed by atoms with E-state index in [1.54, 1.807) is 11.0 Å². The Balaban J connectivity index is 1.82. The van der Waals surface area contributed by atoms with Crippen LogP contribution in [0, 0.1) is 12.8 Å². The molecule has 0 spiro atoms. The Hall–Kier alpha value is -3.35. The van der Waals surface area contributed by atoms with Crippen LogP contribution in [0.2, 0.25) is 0 Å². The number of esters is 1. The number of urea groups is 1. The predicted octanol–water partition coefficient (Wildman–Crippen LogP) is 4.05. The maximum Gasteiger partial charge on any atom is 0.319 e. The van der Waals surface area contributed by atoms with Gasteiger partial charge in [-0.3, -0.25) is 9.59 Å². The van der Waals surface area contributed by atoms with Crippen molar-refractivity contribution in [1.82, 2.24) is 10.2 Å². The maximum atomic E-state index is 13.8. The molecule has 0 saturated heterocycles. The Labute approximate surface area is 195 Å². The molecular weight excluding hydrogens is 418 g/mol. The van der Waals surface area contributed by atoms with Gasteiger partial charge in [-0.1, -0.05) is 56.7 Å². The average molecular weight is 452 g/mol. The van der Waals surface area contributed by atoms with Crippen molar-refractivity contribution >= 4 is 23.6 Å². The van der Waals surface area contributed by atoms with Gasteiger partial charge in [0.2, 0.25) is 5.91 Å². The van der Waals surface area contributed by atoms with Crippen molar-refractivity contribution in [2.45, 2.75) is 58.7 Å². The van der Waals surface area contributed by atoms with Crippen molar-refractivity contribution in [2.24, 2.45) is 5.92 Å². The second-order valence-corrected chi connectivity index (χ2v) is 8.70. The number of carbonyl (C=O) groups is 3. The number of aryl methyl sites for hydroxylation is 1. The second kappa shape index (κ2) is 11.0. The summed E-state index contributed by atoms with van der Waals surface area (Å²) in [6.07, 6.45) is 1.40. The summed E-state index contributed by atoms with van der Waals surface area (Å²) in [6, 6.07) is 14.0. The zero-order valence-electron chi connectivity index (χ0n) is 19.8. The van der Waals surface area contributed by atoms with Gasteiger partial charge in [0, 0.05) is 18.3 Å². The number of methoxy groups -OCH3 is 1. The van der Waals surface area contributed by atoms with E-state index in [0.717, 1.165) is 16.7 Å². The average Bonchev–Trinajstić information content (AvgIpc) is 2.81. The van der Waals surface area contributed by atoms with Crippen LogP contribution in [-0.4, -0.2) is 42.0 Å². The van der Waals surface area contributed by atoms with Crippen molar-refractivity contribution in [3.05, 3.63) is 65.2 Å². The van der Waals surface area contributed by atoms with E-state index < -0.39 is 12.1 Å². The van der Waals surface area contributed by atoms with Gasteiger partial charge in [0.05, 0.1) is 13.5 Å². The monoisotopic (exact) mass is 451 g/mol. The lowest BCUT2D eigenvalue weighted by Gasteiger charge is -2.39. The first-order valence-corrected chi connectivity index (χ1v) is 11.4. The van der Waals surface area contributed by atoms with Crippen molar-refractivity contribution in [1.29, 1.82) is 0 Å². The van der Waals surface area contributed by atoms with Gasteiger partial charge in [0.15, 0.2) is 0 Å². The molecule has 2 aromatic rings. The van der Waals surface area contributed by atoms with Crippen LogP contribution in [-0.2, 0) is 27.3 Å². The molecule has 176 valence electrons. The summed E-state index contributed by atoms with van der Waals surface area (Å²) >= 11 is 0. The molecule has 0 bridgehead atoms. The van der Waals surface area contributed by atoms with Crippen LogP contribution in [0.4, 0.5) is 10.5 Å². The Morgan fingerprint density at radius 2 is 1.85 bits per heavy atom. The molecule has 1 aliphatic heterocycles. The summed E-state index contributed by atoms with van der Waals surface area (Å²) in [4.78, 5) is 40.4. The van der Waals surface area contributed by atoms with Crippen LogP contribution in [0.15, 0.2) is 48.5 Å². The van der Waals surface area contributed by atoms with Gasteiger partial charge in [0.25, 0.3) is 0 Å². The molecule has 0 unspecified atom stereocenters. The topological polar surface area (TPSA) is 87.7 Å². The van der Waals surface area contributed by atoms with E-state index in [-0.39, 0.29) is 30.3 Å². The van der Waals surface area contributed by atoms with Gasteiger partial charge in [-0.2, -0.15) is 0 Å². The van der Waals surface area contributed by atoms with E-state index in [1.165, 1.54) is 7.11 Å². The normalized spacial score (nSPS) is 16.8. The first-order valence-electron chi connectivity index (χ1n) is 11.4. The molecule has 1 heterocycles. The minimum atomic E-state index is -0.717. The zero-order chi connectivity index (χ0) is 24.0. The molecule has 3 amide bonds. The summed E-state index contributed by atoms with van der Waals surface area (Å²) < 4.78 is 4.88. The lowest BCUT2D eigenvalue weighted by Crippen LogP contribution is -2.56. The van der Waals surface area contributed by atoms with Crippen molar-refractivity contribution in [3.63, 3.8) is 0 Å². The number of ether oxygens (including phenoxy) is 1.